The van der Waals surface area contributed by atoms with Crippen LogP contribution in [-0.4, -0.2) is 6.61 Å². The molecule has 2 heteroatoms. The van der Waals surface area contributed by atoms with Crippen molar-refractivity contribution in [3.05, 3.63) is 47.0 Å². The van der Waals surface area contributed by atoms with Crippen molar-refractivity contribution < 1.29 is 4.74 Å². The summed E-state index contributed by atoms with van der Waals surface area (Å²) >= 11 is 5.79. The predicted octanol–water partition coefficient (Wildman–Crippen LogP) is 3.36. The molecule has 0 aliphatic carbocycles. The number of hydrogen-bond acceptors (Lipinski definition) is 1. The lowest BCUT2D eigenvalue weighted by Gasteiger charge is -2.10. The lowest BCUT2D eigenvalue weighted by atomic mass is 10.0. The summed E-state index contributed by atoms with van der Waals surface area (Å²) in [6.07, 6.45) is 1.05. The van der Waals surface area contributed by atoms with Crippen molar-refractivity contribution in [2.75, 3.05) is 6.61 Å². The van der Waals surface area contributed by atoms with E-state index in [9.17, 15) is 0 Å². The molecule has 1 aromatic carbocycles. The molecule has 1 aliphatic rings. The summed E-state index contributed by atoms with van der Waals surface area (Å²) in [6, 6.07) is 7.74. The first kappa shape index (κ1) is 8.79. The van der Waals surface area contributed by atoms with Gasteiger partial charge in [0.1, 0.15) is 6.10 Å². The molecule has 0 N–H and O–H groups in total. The summed E-state index contributed by atoms with van der Waals surface area (Å²) in [6.45, 7) is 4.76. The van der Waals surface area contributed by atoms with Gasteiger partial charge in [0.25, 0.3) is 0 Å². The lowest BCUT2D eigenvalue weighted by Crippen LogP contribution is -1.96. The highest BCUT2D eigenvalue weighted by Gasteiger charge is 2.21. The maximum Gasteiger partial charge on any atom is 0.103 e. The molecule has 0 aromatic heterocycles. The minimum Gasteiger partial charge on any atom is -0.369 e. The maximum atomic E-state index is 5.79. The Morgan fingerprint density at radius 2 is 2.00 bits per heavy atom. The SMILES string of the molecule is C=C1CCOC1c1ccc(Cl)cc1. The molecule has 1 saturated heterocycles. The molecule has 0 bridgehead atoms. The molecule has 0 saturated carbocycles. The lowest BCUT2D eigenvalue weighted by molar-refractivity contribution is 0.125. The van der Waals surface area contributed by atoms with Crippen molar-refractivity contribution in [2.45, 2.75) is 12.5 Å². The van der Waals surface area contributed by atoms with E-state index >= 15 is 0 Å². The summed E-state index contributed by atoms with van der Waals surface area (Å²) in [5.74, 6) is 0. The molecular formula is C11H11ClO. The second kappa shape index (κ2) is 3.52. The van der Waals surface area contributed by atoms with Gasteiger partial charge in [-0.05, 0) is 29.7 Å². The quantitative estimate of drug-likeness (QED) is 0.623. The molecule has 1 aliphatic heterocycles. The molecule has 1 fully saturated rings. The average molecular weight is 195 g/mol. The van der Waals surface area contributed by atoms with Gasteiger partial charge in [-0.25, -0.2) is 0 Å². The van der Waals surface area contributed by atoms with Crippen LogP contribution in [-0.2, 0) is 4.74 Å². The van der Waals surface area contributed by atoms with Gasteiger partial charge in [-0.1, -0.05) is 30.3 Å². The molecule has 2 rings (SSSR count). The summed E-state index contributed by atoms with van der Waals surface area (Å²) in [5.41, 5.74) is 2.30. The zero-order valence-corrected chi connectivity index (χ0v) is 8.05. The van der Waals surface area contributed by atoms with Gasteiger partial charge in [0.2, 0.25) is 0 Å². The summed E-state index contributed by atoms with van der Waals surface area (Å²) in [5, 5.41) is 0.757. The molecule has 1 aromatic rings. The smallest absolute Gasteiger partial charge is 0.103 e. The Morgan fingerprint density at radius 3 is 2.54 bits per heavy atom. The molecule has 68 valence electrons. The van der Waals surface area contributed by atoms with Crippen LogP contribution in [0.4, 0.5) is 0 Å². The highest BCUT2D eigenvalue weighted by atomic mass is 35.5. The van der Waals surface area contributed by atoms with Crippen molar-refractivity contribution in [1.29, 1.82) is 0 Å². The Bertz CT molecular complexity index is 315. The maximum absolute atomic E-state index is 5.79. The van der Waals surface area contributed by atoms with Gasteiger partial charge in [0.05, 0.1) is 6.61 Å². The van der Waals surface area contributed by atoms with Crippen LogP contribution in [0.25, 0.3) is 0 Å². The van der Waals surface area contributed by atoms with E-state index in [4.69, 9.17) is 16.3 Å². The number of rotatable bonds is 1. The third-order valence-electron chi connectivity index (χ3n) is 2.25. The van der Waals surface area contributed by atoms with Gasteiger partial charge < -0.3 is 4.74 Å². The molecule has 1 nitrogen and oxygen atoms in total. The molecule has 0 spiro atoms. The topological polar surface area (TPSA) is 9.23 Å². The monoisotopic (exact) mass is 194 g/mol. The van der Waals surface area contributed by atoms with E-state index in [2.05, 4.69) is 6.58 Å². The zero-order valence-electron chi connectivity index (χ0n) is 7.29. The number of ether oxygens (including phenoxy) is 1. The van der Waals surface area contributed by atoms with Gasteiger partial charge in [0.15, 0.2) is 0 Å². The first-order valence-corrected chi connectivity index (χ1v) is 4.70. The Kier molecular flexibility index (Phi) is 2.38. The largest absolute Gasteiger partial charge is 0.369 e. The standard InChI is InChI=1S/C11H11ClO/c1-8-6-7-13-11(8)9-2-4-10(12)5-3-9/h2-5,11H,1,6-7H2. The first-order chi connectivity index (χ1) is 6.27. The summed E-state index contributed by atoms with van der Waals surface area (Å²) in [4.78, 5) is 0. The predicted molar refractivity (Wildman–Crippen MR) is 53.9 cm³/mol. The molecule has 1 atom stereocenters. The van der Waals surface area contributed by atoms with E-state index in [-0.39, 0.29) is 6.10 Å². The van der Waals surface area contributed by atoms with Gasteiger partial charge in [-0.15, -0.1) is 0 Å². The number of benzene rings is 1. The van der Waals surface area contributed by atoms with Crippen molar-refractivity contribution in [2.24, 2.45) is 0 Å². The van der Waals surface area contributed by atoms with Crippen LogP contribution in [0.5, 0.6) is 0 Å². The van der Waals surface area contributed by atoms with Gasteiger partial charge >= 0.3 is 0 Å². The average Bonchev–Trinajstić information content (AvgIpc) is 2.53. The second-order valence-corrected chi connectivity index (χ2v) is 3.65. The Balaban J connectivity index is 2.25. The van der Waals surface area contributed by atoms with Crippen LogP contribution in [0.15, 0.2) is 36.4 Å². The van der Waals surface area contributed by atoms with Crippen LogP contribution in [0.1, 0.15) is 18.1 Å². The minimum absolute atomic E-state index is 0.0808. The fourth-order valence-corrected chi connectivity index (χ4v) is 1.65. The van der Waals surface area contributed by atoms with Crippen molar-refractivity contribution in [3.8, 4) is 0 Å². The highest BCUT2D eigenvalue weighted by Crippen LogP contribution is 2.32. The van der Waals surface area contributed by atoms with Crippen molar-refractivity contribution in [3.63, 3.8) is 0 Å². The van der Waals surface area contributed by atoms with Crippen LogP contribution in [0.2, 0.25) is 5.02 Å². The molecule has 13 heavy (non-hydrogen) atoms. The van der Waals surface area contributed by atoms with Gasteiger partial charge in [-0.3, -0.25) is 0 Å². The highest BCUT2D eigenvalue weighted by molar-refractivity contribution is 6.30. The second-order valence-electron chi connectivity index (χ2n) is 3.21. The first-order valence-electron chi connectivity index (χ1n) is 4.32. The van der Waals surface area contributed by atoms with Gasteiger partial charge in [0, 0.05) is 5.02 Å². The Morgan fingerprint density at radius 1 is 1.31 bits per heavy atom. The minimum atomic E-state index is 0.0808. The third-order valence-corrected chi connectivity index (χ3v) is 2.50. The Labute approximate surface area is 83.0 Å². The number of halogens is 1. The third kappa shape index (κ3) is 1.77. The van der Waals surface area contributed by atoms with E-state index in [1.54, 1.807) is 0 Å². The van der Waals surface area contributed by atoms with E-state index in [1.807, 2.05) is 24.3 Å². The van der Waals surface area contributed by atoms with E-state index in [1.165, 1.54) is 0 Å². The van der Waals surface area contributed by atoms with Crippen LogP contribution in [0.3, 0.4) is 0 Å². The fourth-order valence-electron chi connectivity index (χ4n) is 1.53. The fraction of sp³-hybridized carbons (Fsp3) is 0.273. The zero-order chi connectivity index (χ0) is 9.26. The normalized spacial score (nSPS) is 22.2. The molecule has 1 unspecified atom stereocenters. The molecular weight excluding hydrogens is 184 g/mol. The Hall–Kier alpha value is -0.790. The molecule has 0 radical (unpaired) electrons. The van der Waals surface area contributed by atoms with Crippen molar-refractivity contribution in [1.82, 2.24) is 0 Å². The van der Waals surface area contributed by atoms with Crippen LogP contribution < -0.4 is 0 Å². The van der Waals surface area contributed by atoms with Crippen molar-refractivity contribution >= 4 is 11.6 Å². The summed E-state index contributed by atoms with van der Waals surface area (Å²) < 4.78 is 5.55. The summed E-state index contributed by atoms with van der Waals surface area (Å²) in [7, 11) is 0. The van der Waals surface area contributed by atoms with E-state index in [0.29, 0.717) is 0 Å². The van der Waals surface area contributed by atoms with Crippen LogP contribution in [0, 0.1) is 0 Å². The van der Waals surface area contributed by atoms with Gasteiger partial charge in [-0.2, -0.15) is 0 Å². The van der Waals surface area contributed by atoms with E-state index in [0.717, 1.165) is 29.2 Å². The molecule has 0 amide bonds. The van der Waals surface area contributed by atoms with E-state index < -0.39 is 0 Å². The molecule has 1 heterocycles. The van der Waals surface area contributed by atoms with Crippen LogP contribution >= 0.6 is 11.6 Å². The number of hydrogen-bond donors (Lipinski definition) is 0.